The van der Waals surface area contributed by atoms with E-state index in [4.69, 9.17) is 9.26 Å². The van der Waals surface area contributed by atoms with Crippen molar-refractivity contribution in [2.45, 2.75) is 19.6 Å². The van der Waals surface area contributed by atoms with E-state index in [2.05, 4.69) is 19.7 Å². The highest BCUT2D eigenvalue weighted by Crippen LogP contribution is 2.10. The van der Waals surface area contributed by atoms with Crippen LogP contribution in [-0.4, -0.2) is 67.9 Å². The summed E-state index contributed by atoms with van der Waals surface area (Å²) in [4.78, 5) is 15.7. The molecule has 0 aromatic carbocycles. The second-order valence-corrected chi connectivity index (χ2v) is 5.16. The lowest BCUT2D eigenvalue weighted by atomic mass is 10.2. The third-order valence-corrected chi connectivity index (χ3v) is 3.60. The first-order valence-corrected chi connectivity index (χ1v) is 7.16. The summed E-state index contributed by atoms with van der Waals surface area (Å²) in [6, 6.07) is 1.94. The molecule has 0 unspecified atom stereocenters. The number of hydrogen-bond acceptors (Lipinski definition) is 7. The normalized spacial score (nSPS) is 17.0. The van der Waals surface area contributed by atoms with Gasteiger partial charge in [-0.05, 0) is 0 Å². The molecule has 7 nitrogen and oxygen atoms in total. The van der Waals surface area contributed by atoms with E-state index < -0.39 is 0 Å². The van der Waals surface area contributed by atoms with Crippen molar-refractivity contribution < 1.29 is 18.8 Å². The Morgan fingerprint density at radius 1 is 1.29 bits per heavy atom. The largest absolute Gasteiger partial charge is 0.469 e. The van der Waals surface area contributed by atoms with Crippen LogP contribution in [0.4, 0.5) is 0 Å². The van der Waals surface area contributed by atoms with Crippen molar-refractivity contribution in [2.75, 3.05) is 46.9 Å². The number of carbonyl (C=O) groups excluding carboxylic acids is 1. The van der Waals surface area contributed by atoms with Gasteiger partial charge in [0.05, 0.1) is 19.2 Å². The summed E-state index contributed by atoms with van der Waals surface area (Å²) in [7, 11) is 3.06. The molecule has 0 spiro atoms. The minimum Gasteiger partial charge on any atom is -0.469 e. The van der Waals surface area contributed by atoms with Crippen LogP contribution in [-0.2, 0) is 27.4 Å². The van der Waals surface area contributed by atoms with Crippen LogP contribution in [0.25, 0.3) is 0 Å². The summed E-state index contributed by atoms with van der Waals surface area (Å²) in [5.74, 6) is 0.606. The highest BCUT2D eigenvalue weighted by molar-refractivity contribution is 5.69. The SMILES string of the molecule is COCc1cc(CN2CCN(CCC(=O)OC)CC2)no1. The molecule has 1 aliphatic rings. The predicted octanol–water partition coefficient (Wildman–Crippen LogP) is 0.502. The van der Waals surface area contributed by atoms with Crippen molar-refractivity contribution in [1.29, 1.82) is 0 Å². The number of aromatic nitrogens is 1. The monoisotopic (exact) mass is 297 g/mol. The minimum absolute atomic E-state index is 0.148. The van der Waals surface area contributed by atoms with Gasteiger partial charge in [-0.15, -0.1) is 0 Å². The van der Waals surface area contributed by atoms with Gasteiger partial charge >= 0.3 is 5.97 Å². The van der Waals surface area contributed by atoms with Gasteiger partial charge in [-0.2, -0.15) is 0 Å². The van der Waals surface area contributed by atoms with Gasteiger partial charge in [0.25, 0.3) is 0 Å². The van der Waals surface area contributed by atoms with E-state index in [-0.39, 0.29) is 5.97 Å². The number of piperazine rings is 1. The molecule has 1 aromatic heterocycles. The molecule has 0 radical (unpaired) electrons. The molecule has 0 saturated carbocycles. The van der Waals surface area contributed by atoms with Crippen molar-refractivity contribution in [3.05, 3.63) is 17.5 Å². The maximum Gasteiger partial charge on any atom is 0.306 e. The molecule has 0 amide bonds. The van der Waals surface area contributed by atoms with Crippen molar-refractivity contribution in [2.24, 2.45) is 0 Å². The van der Waals surface area contributed by atoms with Crippen LogP contribution < -0.4 is 0 Å². The Morgan fingerprint density at radius 2 is 2.00 bits per heavy atom. The number of methoxy groups -OCH3 is 2. The van der Waals surface area contributed by atoms with E-state index in [1.807, 2.05) is 6.07 Å². The number of hydrogen-bond donors (Lipinski definition) is 0. The number of esters is 1. The third-order valence-electron chi connectivity index (χ3n) is 3.60. The first kappa shape index (κ1) is 15.9. The molecule has 0 atom stereocenters. The number of rotatable bonds is 7. The van der Waals surface area contributed by atoms with Gasteiger partial charge in [-0.3, -0.25) is 9.69 Å². The minimum atomic E-state index is -0.148. The average Bonchev–Trinajstić information content (AvgIpc) is 2.94. The van der Waals surface area contributed by atoms with Crippen LogP contribution in [0.5, 0.6) is 0 Å². The zero-order valence-electron chi connectivity index (χ0n) is 12.7. The molecule has 1 aliphatic heterocycles. The van der Waals surface area contributed by atoms with Crippen LogP contribution in [0, 0.1) is 0 Å². The topological polar surface area (TPSA) is 68.0 Å². The Morgan fingerprint density at radius 3 is 2.67 bits per heavy atom. The summed E-state index contributed by atoms with van der Waals surface area (Å²) in [6.07, 6.45) is 0.458. The van der Waals surface area contributed by atoms with Gasteiger partial charge in [0.15, 0.2) is 5.76 Å². The predicted molar refractivity (Wildman–Crippen MR) is 75.6 cm³/mol. The van der Waals surface area contributed by atoms with Crippen molar-refractivity contribution >= 4 is 5.97 Å². The Bertz CT molecular complexity index is 441. The Hall–Kier alpha value is -1.44. The molecule has 0 aliphatic carbocycles. The quantitative estimate of drug-likeness (QED) is 0.679. The van der Waals surface area contributed by atoms with E-state index in [1.54, 1.807) is 7.11 Å². The zero-order valence-corrected chi connectivity index (χ0v) is 12.7. The Balaban J connectivity index is 1.69. The fourth-order valence-corrected chi connectivity index (χ4v) is 2.39. The first-order valence-electron chi connectivity index (χ1n) is 7.16. The smallest absolute Gasteiger partial charge is 0.306 e. The molecule has 0 N–H and O–H groups in total. The van der Waals surface area contributed by atoms with Crippen molar-refractivity contribution in [1.82, 2.24) is 15.0 Å². The summed E-state index contributed by atoms with van der Waals surface area (Å²) in [5, 5.41) is 4.05. The van der Waals surface area contributed by atoms with E-state index >= 15 is 0 Å². The lowest BCUT2D eigenvalue weighted by Crippen LogP contribution is -2.46. The second kappa shape index (κ2) is 8.11. The maximum absolute atomic E-state index is 11.1. The molecular weight excluding hydrogens is 274 g/mol. The van der Waals surface area contributed by atoms with Crippen LogP contribution in [0.3, 0.4) is 0 Å². The van der Waals surface area contributed by atoms with E-state index in [0.29, 0.717) is 13.0 Å². The van der Waals surface area contributed by atoms with E-state index in [1.165, 1.54) is 7.11 Å². The van der Waals surface area contributed by atoms with Crippen LogP contribution in [0.1, 0.15) is 17.9 Å². The number of ether oxygens (including phenoxy) is 2. The zero-order chi connectivity index (χ0) is 15.1. The molecule has 118 valence electrons. The third kappa shape index (κ3) is 5.11. The number of nitrogens with zero attached hydrogens (tertiary/aromatic N) is 3. The molecular formula is C14H23N3O4. The summed E-state index contributed by atoms with van der Waals surface area (Å²) >= 11 is 0. The highest BCUT2D eigenvalue weighted by atomic mass is 16.5. The summed E-state index contributed by atoms with van der Waals surface area (Å²) in [5.41, 5.74) is 0.935. The van der Waals surface area contributed by atoms with Gasteiger partial charge < -0.3 is 18.9 Å². The maximum atomic E-state index is 11.1. The van der Waals surface area contributed by atoms with Crippen LogP contribution in [0.15, 0.2) is 10.6 Å². The highest BCUT2D eigenvalue weighted by Gasteiger charge is 2.18. The molecule has 21 heavy (non-hydrogen) atoms. The van der Waals surface area contributed by atoms with E-state index in [9.17, 15) is 4.79 Å². The van der Waals surface area contributed by atoms with Crippen LogP contribution in [0.2, 0.25) is 0 Å². The molecule has 1 saturated heterocycles. The molecule has 1 aromatic rings. The second-order valence-electron chi connectivity index (χ2n) is 5.16. The molecule has 2 rings (SSSR count). The lowest BCUT2D eigenvalue weighted by Gasteiger charge is -2.33. The molecule has 0 bridgehead atoms. The summed E-state index contributed by atoms with van der Waals surface area (Å²) in [6.45, 7) is 5.86. The fraction of sp³-hybridized carbons (Fsp3) is 0.714. The van der Waals surface area contributed by atoms with Crippen molar-refractivity contribution in [3.63, 3.8) is 0 Å². The van der Waals surface area contributed by atoms with Gasteiger partial charge in [0.1, 0.15) is 6.61 Å². The first-order chi connectivity index (χ1) is 10.2. The number of carbonyl (C=O) groups is 1. The standard InChI is InChI=1S/C14H23N3O4/c1-19-11-13-9-12(15-21-13)10-17-7-5-16(6-8-17)4-3-14(18)20-2/h9H,3-8,10-11H2,1-2H3. The van der Waals surface area contributed by atoms with Crippen LogP contribution >= 0.6 is 0 Å². The fourth-order valence-electron chi connectivity index (χ4n) is 2.39. The Kier molecular flexibility index (Phi) is 6.16. The van der Waals surface area contributed by atoms with Crippen molar-refractivity contribution in [3.8, 4) is 0 Å². The van der Waals surface area contributed by atoms with Gasteiger partial charge in [-0.1, -0.05) is 5.16 Å². The molecule has 7 heteroatoms. The summed E-state index contributed by atoms with van der Waals surface area (Å²) < 4.78 is 14.8. The lowest BCUT2D eigenvalue weighted by molar-refractivity contribution is -0.141. The average molecular weight is 297 g/mol. The molecule has 2 heterocycles. The van der Waals surface area contributed by atoms with Gasteiger partial charge in [-0.25, -0.2) is 0 Å². The van der Waals surface area contributed by atoms with Gasteiger partial charge in [0, 0.05) is 52.4 Å². The van der Waals surface area contributed by atoms with E-state index in [0.717, 1.165) is 50.7 Å². The Labute approximate surface area is 124 Å². The van der Waals surface area contributed by atoms with Gasteiger partial charge in [0.2, 0.25) is 0 Å². The molecule has 1 fully saturated rings.